The first kappa shape index (κ1) is 13.6. The predicted molar refractivity (Wildman–Crippen MR) is 58.6 cm³/mol. The van der Waals surface area contributed by atoms with Crippen LogP contribution in [0.3, 0.4) is 0 Å². The summed E-state index contributed by atoms with van der Waals surface area (Å²) in [7, 11) is 3.18. The average molecular weight is 243 g/mol. The Morgan fingerprint density at radius 1 is 1.41 bits per heavy atom. The first-order valence-electron chi connectivity index (χ1n) is 5.30. The smallest absolute Gasteiger partial charge is 0.309 e. The third kappa shape index (κ3) is 4.12. The van der Waals surface area contributed by atoms with Gasteiger partial charge in [0.25, 0.3) is 0 Å². The Morgan fingerprint density at radius 3 is 2.76 bits per heavy atom. The quantitative estimate of drug-likeness (QED) is 0.651. The van der Waals surface area contributed by atoms with E-state index in [1.54, 1.807) is 18.9 Å². The SMILES string of the molecule is COCCCn1nnc(CC(=O)O)c1COC. The van der Waals surface area contributed by atoms with E-state index >= 15 is 0 Å². The fourth-order valence-electron chi connectivity index (χ4n) is 1.48. The third-order valence-electron chi connectivity index (χ3n) is 2.24. The molecule has 1 rings (SSSR count). The van der Waals surface area contributed by atoms with Crippen molar-refractivity contribution in [2.24, 2.45) is 0 Å². The first-order chi connectivity index (χ1) is 8.19. The fourth-order valence-corrected chi connectivity index (χ4v) is 1.48. The number of hydrogen-bond acceptors (Lipinski definition) is 5. The van der Waals surface area contributed by atoms with E-state index < -0.39 is 5.97 Å². The zero-order chi connectivity index (χ0) is 12.7. The molecule has 0 saturated carbocycles. The Morgan fingerprint density at radius 2 is 2.18 bits per heavy atom. The number of hydrogen-bond donors (Lipinski definition) is 1. The molecule has 0 atom stereocenters. The molecular weight excluding hydrogens is 226 g/mol. The number of aromatic nitrogens is 3. The van der Waals surface area contributed by atoms with Gasteiger partial charge in [-0.25, -0.2) is 4.68 Å². The van der Waals surface area contributed by atoms with Crippen LogP contribution in [0.4, 0.5) is 0 Å². The van der Waals surface area contributed by atoms with Crippen LogP contribution in [0.2, 0.25) is 0 Å². The van der Waals surface area contributed by atoms with Crippen molar-refractivity contribution in [1.82, 2.24) is 15.0 Å². The molecule has 0 aliphatic carbocycles. The summed E-state index contributed by atoms with van der Waals surface area (Å²) in [5.41, 5.74) is 1.17. The minimum absolute atomic E-state index is 0.136. The highest BCUT2D eigenvalue weighted by Crippen LogP contribution is 2.08. The van der Waals surface area contributed by atoms with Gasteiger partial charge in [0, 0.05) is 27.4 Å². The lowest BCUT2D eigenvalue weighted by molar-refractivity contribution is -0.136. The van der Waals surface area contributed by atoms with Gasteiger partial charge < -0.3 is 14.6 Å². The second-order valence-electron chi connectivity index (χ2n) is 3.56. The minimum atomic E-state index is -0.925. The van der Waals surface area contributed by atoms with Crippen LogP contribution >= 0.6 is 0 Å². The highest BCUT2D eigenvalue weighted by Gasteiger charge is 2.15. The summed E-state index contributed by atoms with van der Waals surface area (Å²) >= 11 is 0. The van der Waals surface area contributed by atoms with Gasteiger partial charge in [-0.3, -0.25) is 4.79 Å². The van der Waals surface area contributed by atoms with E-state index in [0.29, 0.717) is 31.1 Å². The van der Waals surface area contributed by atoms with Crippen LogP contribution in [-0.4, -0.2) is 46.9 Å². The summed E-state index contributed by atoms with van der Waals surface area (Å²) in [6.45, 7) is 1.57. The minimum Gasteiger partial charge on any atom is -0.481 e. The second kappa shape index (κ2) is 6.97. The summed E-state index contributed by atoms with van der Waals surface area (Å²) < 4.78 is 11.6. The Hall–Kier alpha value is -1.47. The number of aryl methyl sites for hydroxylation is 1. The Balaban J connectivity index is 2.74. The molecule has 0 bridgehead atoms. The Labute approximate surface area is 99.3 Å². The molecule has 0 fully saturated rings. The van der Waals surface area contributed by atoms with Crippen LogP contribution in [0.1, 0.15) is 17.8 Å². The molecular formula is C10H17N3O4. The molecule has 0 radical (unpaired) electrons. The van der Waals surface area contributed by atoms with Crippen LogP contribution in [0.5, 0.6) is 0 Å². The molecule has 96 valence electrons. The maximum absolute atomic E-state index is 10.7. The van der Waals surface area contributed by atoms with E-state index in [0.717, 1.165) is 6.42 Å². The summed E-state index contributed by atoms with van der Waals surface area (Å²) in [5, 5.41) is 16.5. The van der Waals surface area contributed by atoms with E-state index in [1.807, 2.05) is 0 Å². The highest BCUT2D eigenvalue weighted by atomic mass is 16.5. The van der Waals surface area contributed by atoms with Crippen LogP contribution in [-0.2, 0) is 33.8 Å². The molecule has 1 N–H and O–H groups in total. The maximum atomic E-state index is 10.7. The van der Waals surface area contributed by atoms with E-state index in [4.69, 9.17) is 14.6 Å². The average Bonchev–Trinajstić information content (AvgIpc) is 2.62. The molecule has 0 aromatic carbocycles. The van der Waals surface area contributed by atoms with Gasteiger partial charge in [-0.1, -0.05) is 5.21 Å². The normalized spacial score (nSPS) is 10.7. The highest BCUT2D eigenvalue weighted by molar-refractivity contribution is 5.69. The summed E-state index contributed by atoms with van der Waals surface area (Å²) in [4.78, 5) is 10.7. The number of aliphatic carboxylic acids is 1. The molecule has 1 heterocycles. The third-order valence-corrected chi connectivity index (χ3v) is 2.24. The Kier molecular flexibility index (Phi) is 5.58. The van der Waals surface area contributed by atoms with Gasteiger partial charge in [-0.05, 0) is 6.42 Å². The molecule has 1 aromatic heterocycles. The molecule has 0 amide bonds. The van der Waals surface area contributed by atoms with Crippen molar-refractivity contribution in [2.45, 2.75) is 26.0 Å². The molecule has 0 spiro atoms. The van der Waals surface area contributed by atoms with Crippen LogP contribution < -0.4 is 0 Å². The van der Waals surface area contributed by atoms with Crippen LogP contribution in [0.15, 0.2) is 0 Å². The first-order valence-corrected chi connectivity index (χ1v) is 5.30. The molecule has 0 aliphatic rings. The predicted octanol–water partition coefficient (Wildman–Crippen LogP) is 0.0881. The largest absolute Gasteiger partial charge is 0.481 e. The molecule has 0 aliphatic heterocycles. The monoisotopic (exact) mass is 243 g/mol. The van der Waals surface area contributed by atoms with E-state index in [-0.39, 0.29) is 6.42 Å². The van der Waals surface area contributed by atoms with Crippen molar-refractivity contribution < 1.29 is 19.4 Å². The summed E-state index contributed by atoms with van der Waals surface area (Å²) in [6.07, 6.45) is 0.659. The van der Waals surface area contributed by atoms with Gasteiger partial charge in [0.15, 0.2) is 0 Å². The van der Waals surface area contributed by atoms with Gasteiger partial charge in [0.05, 0.1) is 24.4 Å². The van der Waals surface area contributed by atoms with Crippen molar-refractivity contribution in [3.63, 3.8) is 0 Å². The van der Waals surface area contributed by atoms with Gasteiger partial charge in [-0.2, -0.15) is 0 Å². The lowest BCUT2D eigenvalue weighted by Crippen LogP contribution is -2.10. The number of methoxy groups -OCH3 is 2. The van der Waals surface area contributed by atoms with Crippen LogP contribution in [0.25, 0.3) is 0 Å². The molecule has 7 nitrogen and oxygen atoms in total. The lowest BCUT2D eigenvalue weighted by atomic mass is 10.2. The number of carboxylic acid groups (broad SMARTS) is 1. The standard InChI is InChI=1S/C10H17N3O4/c1-16-5-3-4-13-9(7-17-2)8(11-12-13)6-10(14)15/h3-7H2,1-2H3,(H,14,15). The van der Waals surface area contributed by atoms with E-state index in [1.165, 1.54) is 0 Å². The molecule has 1 aromatic rings. The lowest BCUT2D eigenvalue weighted by Gasteiger charge is -2.06. The van der Waals surface area contributed by atoms with E-state index in [2.05, 4.69) is 10.3 Å². The number of carboxylic acids is 1. The molecule has 17 heavy (non-hydrogen) atoms. The second-order valence-corrected chi connectivity index (χ2v) is 3.56. The van der Waals surface area contributed by atoms with Crippen LogP contribution in [0, 0.1) is 0 Å². The van der Waals surface area contributed by atoms with Crippen molar-refractivity contribution in [1.29, 1.82) is 0 Å². The Bertz CT molecular complexity index is 364. The number of rotatable bonds is 8. The number of carbonyl (C=O) groups is 1. The van der Waals surface area contributed by atoms with Gasteiger partial charge >= 0.3 is 5.97 Å². The van der Waals surface area contributed by atoms with Crippen molar-refractivity contribution >= 4 is 5.97 Å². The summed E-state index contributed by atoms with van der Waals surface area (Å²) in [5.74, 6) is -0.925. The van der Waals surface area contributed by atoms with Gasteiger partial charge in [0.1, 0.15) is 0 Å². The summed E-state index contributed by atoms with van der Waals surface area (Å²) in [6, 6.07) is 0. The fraction of sp³-hybridized carbons (Fsp3) is 0.700. The van der Waals surface area contributed by atoms with E-state index in [9.17, 15) is 4.79 Å². The molecule has 7 heteroatoms. The zero-order valence-corrected chi connectivity index (χ0v) is 10.0. The molecule has 0 unspecified atom stereocenters. The number of ether oxygens (including phenoxy) is 2. The van der Waals surface area contributed by atoms with Crippen molar-refractivity contribution in [3.8, 4) is 0 Å². The van der Waals surface area contributed by atoms with Crippen molar-refractivity contribution in [2.75, 3.05) is 20.8 Å². The maximum Gasteiger partial charge on any atom is 0.309 e. The van der Waals surface area contributed by atoms with Gasteiger partial charge in [0.2, 0.25) is 0 Å². The zero-order valence-electron chi connectivity index (χ0n) is 10.0. The van der Waals surface area contributed by atoms with Crippen molar-refractivity contribution in [3.05, 3.63) is 11.4 Å². The number of nitrogens with zero attached hydrogens (tertiary/aromatic N) is 3. The van der Waals surface area contributed by atoms with Gasteiger partial charge in [-0.15, -0.1) is 5.10 Å². The molecule has 0 saturated heterocycles. The topological polar surface area (TPSA) is 86.5 Å².